The van der Waals surface area contributed by atoms with Gasteiger partial charge in [0.25, 0.3) is 0 Å². The maximum absolute atomic E-state index is 12.5. The second-order valence-corrected chi connectivity index (χ2v) is 5.37. The summed E-state index contributed by atoms with van der Waals surface area (Å²) in [4.78, 5) is 28.4. The highest BCUT2D eigenvalue weighted by Crippen LogP contribution is 2.16. The van der Waals surface area contributed by atoms with Crippen molar-refractivity contribution in [2.24, 2.45) is 0 Å². The van der Waals surface area contributed by atoms with E-state index in [1.54, 1.807) is 9.80 Å². The summed E-state index contributed by atoms with van der Waals surface area (Å²) in [5.74, 6) is 0.136. The van der Waals surface area contributed by atoms with Crippen molar-refractivity contribution in [1.82, 2.24) is 15.1 Å². The average molecular weight is 283 g/mol. The molecule has 2 amide bonds. The number of likely N-dealkylation sites (N-methyl/N-ethyl adjacent to an activating group) is 1. The lowest BCUT2D eigenvalue weighted by Gasteiger charge is -2.37. The van der Waals surface area contributed by atoms with E-state index in [-0.39, 0.29) is 23.9 Å². The number of rotatable bonds is 7. The van der Waals surface area contributed by atoms with Crippen molar-refractivity contribution in [2.75, 3.05) is 26.2 Å². The summed E-state index contributed by atoms with van der Waals surface area (Å²) in [6, 6.07) is -0.468. The predicted octanol–water partition coefficient (Wildman–Crippen LogP) is 1.23. The van der Waals surface area contributed by atoms with E-state index in [2.05, 4.69) is 12.2 Å². The van der Waals surface area contributed by atoms with Gasteiger partial charge in [0, 0.05) is 19.6 Å². The molecule has 1 rings (SSSR count). The van der Waals surface area contributed by atoms with Gasteiger partial charge < -0.3 is 15.1 Å². The van der Waals surface area contributed by atoms with Crippen molar-refractivity contribution in [2.45, 2.75) is 59.0 Å². The fourth-order valence-corrected chi connectivity index (χ4v) is 2.72. The van der Waals surface area contributed by atoms with Crippen molar-refractivity contribution < 1.29 is 9.59 Å². The van der Waals surface area contributed by atoms with Crippen LogP contribution in [0.2, 0.25) is 0 Å². The fourth-order valence-electron chi connectivity index (χ4n) is 2.72. The van der Waals surface area contributed by atoms with Crippen LogP contribution in [-0.4, -0.2) is 59.9 Å². The molecule has 1 heterocycles. The zero-order valence-corrected chi connectivity index (χ0v) is 13.3. The van der Waals surface area contributed by atoms with Crippen LogP contribution in [-0.2, 0) is 9.59 Å². The molecule has 1 fully saturated rings. The van der Waals surface area contributed by atoms with Crippen LogP contribution in [0.5, 0.6) is 0 Å². The van der Waals surface area contributed by atoms with Crippen LogP contribution in [0.15, 0.2) is 0 Å². The SMILES string of the molecule is CCCNC1CCCN(C(C)C(=O)N(CC)CC)C1=O. The van der Waals surface area contributed by atoms with Crippen LogP contribution in [0.4, 0.5) is 0 Å². The van der Waals surface area contributed by atoms with E-state index < -0.39 is 0 Å². The van der Waals surface area contributed by atoms with E-state index in [0.717, 1.165) is 25.8 Å². The van der Waals surface area contributed by atoms with Crippen LogP contribution < -0.4 is 5.32 Å². The summed E-state index contributed by atoms with van der Waals surface area (Å²) >= 11 is 0. The van der Waals surface area contributed by atoms with Gasteiger partial charge in [0.05, 0.1) is 6.04 Å². The zero-order chi connectivity index (χ0) is 15.1. The number of piperidine rings is 1. The van der Waals surface area contributed by atoms with Gasteiger partial charge in [0.1, 0.15) is 6.04 Å². The molecule has 0 aromatic carbocycles. The monoisotopic (exact) mass is 283 g/mol. The van der Waals surface area contributed by atoms with Crippen molar-refractivity contribution in [1.29, 1.82) is 0 Å². The predicted molar refractivity (Wildman–Crippen MR) is 80.4 cm³/mol. The van der Waals surface area contributed by atoms with Gasteiger partial charge in [-0.3, -0.25) is 9.59 Å². The molecule has 0 saturated carbocycles. The van der Waals surface area contributed by atoms with Crippen LogP contribution in [0, 0.1) is 0 Å². The molecule has 0 aromatic heterocycles. The second-order valence-electron chi connectivity index (χ2n) is 5.37. The third kappa shape index (κ3) is 3.95. The number of likely N-dealkylation sites (tertiary alicyclic amines) is 1. The van der Waals surface area contributed by atoms with Gasteiger partial charge in [0.15, 0.2) is 0 Å². The minimum absolute atomic E-state index is 0.0551. The van der Waals surface area contributed by atoms with Gasteiger partial charge in [0.2, 0.25) is 11.8 Å². The van der Waals surface area contributed by atoms with Crippen molar-refractivity contribution in [3.8, 4) is 0 Å². The van der Waals surface area contributed by atoms with E-state index in [1.807, 2.05) is 20.8 Å². The quantitative estimate of drug-likeness (QED) is 0.764. The molecule has 0 spiro atoms. The Kier molecular flexibility index (Phi) is 6.99. The number of hydrogen-bond acceptors (Lipinski definition) is 3. The summed E-state index contributed by atoms with van der Waals surface area (Å²) in [5.41, 5.74) is 0. The molecule has 1 aliphatic heterocycles. The van der Waals surface area contributed by atoms with E-state index in [4.69, 9.17) is 0 Å². The highest BCUT2D eigenvalue weighted by Gasteiger charge is 2.34. The number of carbonyl (C=O) groups is 2. The van der Waals surface area contributed by atoms with Gasteiger partial charge in [-0.25, -0.2) is 0 Å². The van der Waals surface area contributed by atoms with Crippen molar-refractivity contribution >= 4 is 11.8 Å². The lowest BCUT2D eigenvalue weighted by atomic mass is 10.0. The van der Waals surface area contributed by atoms with Crippen LogP contribution in [0.3, 0.4) is 0 Å². The molecular formula is C15H29N3O2. The fraction of sp³-hybridized carbons (Fsp3) is 0.867. The Morgan fingerprint density at radius 3 is 2.60 bits per heavy atom. The lowest BCUT2D eigenvalue weighted by Crippen LogP contribution is -2.57. The number of nitrogens with one attached hydrogen (secondary N) is 1. The Hall–Kier alpha value is -1.10. The minimum Gasteiger partial charge on any atom is -0.341 e. The van der Waals surface area contributed by atoms with E-state index >= 15 is 0 Å². The summed E-state index contributed by atoms with van der Waals surface area (Å²) in [7, 11) is 0. The third-order valence-corrected chi connectivity index (χ3v) is 4.01. The topological polar surface area (TPSA) is 52.7 Å². The molecule has 1 aliphatic rings. The molecule has 0 aromatic rings. The van der Waals surface area contributed by atoms with E-state index in [1.165, 1.54) is 0 Å². The Labute approximate surface area is 122 Å². The van der Waals surface area contributed by atoms with E-state index in [0.29, 0.717) is 19.6 Å². The Bertz CT molecular complexity index is 329. The molecule has 5 heteroatoms. The summed E-state index contributed by atoms with van der Waals surface area (Å²) < 4.78 is 0. The largest absolute Gasteiger partial charge is 0.341 e. The molecule has 116 valence electrons. The van der Waals surface area contributed by atoms with Gasteiger partial charge in [-0.1, -0.05) is 6.92 Å². The Morgan fingerprint density at radius 2 is 2.05 bits per heavy atom. The first-order valence-electron chi connectivity index (χ1n) is 7.89. The minimum atomic E-state index is -0.353. The number of amides is 2. The average Bonchev–Trinajstić information content (AvgIpc) is 2.46. The maximum atomic E-state index is 12.5. The lowest BCUT2D eigenvalue weighted by molar-refractivity contribution is -0.148. The first-order chi connectivity index (χ1) is 9.56. The second kappa shape index (κ2) is 8.25. The Balaban J connectivity index is 2.68. The molecule has 1 saturated heterocycles. The molecule has 0 aliphatic carbocycles. The standard InChI is InChI=1S/C15H29N3O2/c1-5-10-16-13-9-8-11-18(15(13)20)12(4)14(19)17(6-2)7-3/h12-13,16H,5-11H2,1-4H3. The normalized spacial score (nSPS) is 20.9. The molecule has 2 unspecified atom stereocenters. The molecule has 2 atom stereocenters. The third-order valence-electron chi connectivity index (χ3n) is 4.01. The van der Waals surface area contributed by atoms with E-state index in [9.17, 15) is 9.59 Å². The number of carbonyl (C=O) groups excluding carboxylic acids is 2. The van der Waals surface area contributed by atoms with Gasteiger partial charge in [-0.05, 0) is 46.6 Å². The first-order valence-corrected chi connectivity index (χ1v) is 7.89. The molecule has 0 bridgehead atoms. The number of nitrogens with zero attached hydrogens (tertiary/aromatic N) is 2. The molecular weight excluding hydrogens is 254 g/mol. The Morgan fingerprint density at radius 1 is 1.40 bits per heavy atom. The van der Waals surface area contributed by atoms with Crippen molar-refractivity contribution in [3.05, 3.63) is 0 Å². The first kappa shape index (κ1) is 17.0. The van der Waals surface area contributed by atoms with Gasteiger partial charge in [-0.2, -0.15) is 0 Å². The maximum Gasteiger partial charge on any atom is 0.245 e. The molecule has 1 N–H and O–H groups in total. The number of hydrogen-bond donors (Lipinski definition) is 1. The van der Waals surface area contributed by atoms with Gasteiger partial charge in [-0.15, -0.1) is 0 Å². The summed E-state index contributed by atoms with van der Waals surface area (Å²) in [5, 5.41) is 3.29. The van der Waals surface area contributed by atoms with Gasteiger partial charge >= 0.3 is 0 Å². The summed E-state index contributed by atoms with van der Waals surface area (Å²) in [6.45, 7) is 10.8. The van der Waals surface area contributed by atoms with Crippen LogP contribution in [0.1, 0.15) is 47.0 Å². The molecule has 20 heavy (non-hydrogen) atoms. The highest BCUT2D eigenvalue weighted by atomic mass is 16.2. The molecule has 5 nitrogen and oxygen atoms in total. The van der Waals surface area contributed by atoms with Crippen LogP contribution in [0.25, 0.3) is 0 Å². The molecule has 0 radical (unpaired) electrons. The van der Waals surface area contributed by atoms with Crippen molar-refractivity contribution in [3.63, 3.8) is 0 Å². The smallest absolute Gasteiger partial charge is 0.245 e. The zero-order valence-electron chi connectivity index (χ0n) is 13.3. The van der Waals surface area contributed by atoms with Crippen LogP contribution >= 0.6 is 0 Å². The highest BCUT2D eigenvalue weighted by molar-refractivity contribution is 5.90. The summed E-state index contributed by atoms with van der Waals surface area (Å²) in [6.07, 6.45) is 2.85.